The predicted octanol–water partition coefficient (Wildman–Crippen LogP) is 15.3. The van der Waals surface area contributed by atoms with Crippen molar-refractivity contribution in [1.29, 1.82) is 0 Å². The molecule has 0 atom stereocenters. The molecule has 0 spiro atoms. The molecule has 0 saturated heterocycles. The average molecular weight is 708 g/mol. The van der Waals surface area contributed by atoms with Crippen LogP contribution in [0.25, 0.3) is 76.8 Å². The number of hydrogen-bond acceptors (Lipinski definition) is 1. The van der Waals surface area contributed by atoms with E-state index in [0.29, 0.717) is 16.8 Å². The van der Waals surface area contributed by atoms with Gasteiger partial charge in [0.1, 0.15) is 0 Å². The molecule has 0 saturated carbocycles. The van der Waals surface area contributed by atoms with Crippen molar-refractivity contribution in [3.05, 3.63) is 224 Å². The van der Waals surface area contributed by atoms with Gasteiger partial charge in [-0.2, -0.15) is 0 Å². The number of anilines is 3. The van der Waals surface area contributed by atoms with Crippen molar-refractivity contribution in [2.45, 2.75) is 0 Å². The van der Waals surface area contributed by atoms with Gasteiger partial charge in [0.15, 0.2) is 0 Å². The normalized spacial score (nSPS) is 13.3. The highest BCUT2D eigenvalue weighted by Crippen LogP contribution is 2.40. The van der Waals surface area contributed by atoms with Gasteiger partial charge in [-0.25, -0.2) is 0 Å². The first-order chi connectivity index (χ1) is 30.6. The zero-order valence-corrected chi connectivity index (χ0v) is 29.7. The third-order valence-electron chi connectivity index (χ3n) is 10.2. The van der Waals surface area contributed by atoms with Crippen molar-refractivity contribution in [3.8, 4) is 44.5 Å². The first-order valence-electron chi connectivity index (χ1n) is 22.3. The topological polar surface area (TPSA) is 3.24 Å². The third-order valence-corrected chi connectivity index (χ3v) is 10.2. The molecule has 1 heteroatoms. The molecule has 258 valence electrons. The first-order valence-corrected chi connectivity index (χ1v) is 18.3. The number of benzene rings is 10. The zero-order valence-electron chi connectivity index (χ0n) is 37.7. The zero-order chi connectivity index (χ0) is 43.5. The Labute approximate surface area is 333 Å². The maximum Gasteiger partial charge on any atom is 0.0645 e. The van der Waals surface area contributed by atoms with Gasteiger partial charge in [0.2, 0.25) is 0 Å². The second-order valence-electron chi connectivity index (χ2n) is 13.5. The monoisotopic (exact) mass is 707 g/mol. The molecule has 10 aromatic carbocycles. The van der Waals surface area contributed by atoms with Gasteiger partial charge in [-0.1, -0.05) is 176 Å². The number of fused-ring (bicyclic) bond motifs is 4. The van der Waals surface area contributed by atoms with Gasteiger partial charge in [-0.3, -0.25) is 0 Å². The summed E-state index contributed by atoms with van der Waals surface area (Å²) in [5.41, 5.74) is 4.64. The predicted molar refractivity (Wildman–Crippen MR) is 235 cm³/mol. The van der Waals surface area contributed by atoms with Crippen LogP contribution in [0.5, 0.6) is 0 Å². The van der Waals surface area contributed by atoms with Crippen molar-refractivity contribution < 1.29 is 11.0 Å². The van der Waals surface area contributed by atoms with E-state index in [2.05, 4.69) is 0 Å². The quantitative estimate of drug-likeness (QED) is 0.149. The van der Waals surface area contributed by atoms with E-state index >= 15 is 0 Å². The van der Waals surface area contributed by atoms with Crippen LogP contribution < -0.4 is 4.90 Å². The molecule has 0 N–H and O–H groups in total. The Kier molecular flexibility index (Phi) is 6.33. The molecule has 0 aliphatic rings. The molecule has 0 aromatic heterocycles. The maximum absolute atomic E-state index is 9.63. The van der Waals surface area contributed by atoms with Gasteiger partial charge in [0.05, 0.1) is 11.0 Å². The summed E-state index contributed by atoms with van der Waals surface area (Å²) in [6.45, 7) is 0. The van der Waals surface area contributed by atoms with Crippen LogP contribution in [-0.4, -0.2) is 0 Å². The van der Waals surface area contributed by atoms with Crippen molar-refractivity contribution in [2.75, 3.05) is 4.90 Å². The van der Waals surface area contributed by atoms with Gasteiger partial charge >= 0.3 is 0 Å². The molecule has 0 aliphatic carbocycles. The average Bonchev–Trinajstić information content (AvgIpc) is 3.32. The van der Waals surface area contributed by atoms with E-state index in [9.17, 15) is 11.0 Å². The largest absolute Gasteiger partial charge is 0.310 e. The van der Waals surface area contributed by atoms with Gasteiger partial charge in [-0.05, 0) is 125 Å². The van der Waals surface area contributed by atoms with Crippen LogP contribution in [0.1, 0.15) is 11.0 Å². The molecule has 0 radical (unpaired) electrons. The molecule has 1 nitrogen and oxygen atoms in total. The van der Waals surface area contributed by atoms with Gasteiger partial charge in [-0.15, -0.1) is 0 Å². The SMILES string of the molecule is [2H]c1c([2H])c(N(c2cccc(-c3cccc4ccccc34)c2)c2c([2H])c([2H])c(-c3ccc4c(ccc5ccccc54)c3)c([2H])c2[2H])c([2H])c([2H])c1-c1cccc(-c2ccccc2)c1. The minimum absolute atomic E-state index is 0.106. The lowest BCUT2D eigenvalue weighted by Crippen LogP contribution is -2.10. The van der Waals surface area contributed by atoms with Gasteiger partial charge in [0.25, 0.3) is 0 Å². The molecule has 0 heterocycles. The Balaban J connectivity index is 1.20. The second-order valence-corrected chi connectivity index (χ2v) is 13.5. The molecule has 10 rings (SSSR count). The van der Waals surface area contributed by atoms with Crippen molar-refractivity contribution in [3.63, 3.8) is 0 Å². The lowest BCUT2D eigenvalue weighted by molar-refractivity contribution is 1.28. The molecule has 10 aromatic rings. The Hall–Kier alpha value is -7.22. The van der Waals surface area contributed by atoms with E-state index in [-0.39, 0.29) is 46.7 Å². The van der Waals surface area contributed by atoms with E-state index in [1.165, 1.54) is 4.90 Å². The summed E-state index contributed by atoms with van der Waals surface area (Å²) in [6.07, 6.45) is 0. The number of hydrogen-bond donors (Lipinski definition) is 0. The molecule has 0 aliphatic heterocycles. The summed E-state index contributed by atoms with van der Waals surface area (Å²) in [5, 5.41) is 6.05. The van der Waals surface area contributed by atoms with Crippen LogP contribution in [0.15, 0.2) is 224 Å². The lowest BCUT2D eigenvalue weighted by Gasteiger charge is -2.26. The molecule has 0 bridgehead atoms. The highest BCUT2D eigenvalue weighted by Gasteiger charge is 2.15. The van der Waals surface area contributed by atoms with E-state index < -0.39 is 24.2 Å². The molecule has 55 heavy (non-hydrogen) atoms. The Morgan fingerprint density at radius 2 is 0.782 bits per heavy atom. The minimum atomic E-state index is -0.394. The van der Waals surface area contributed by atoms with E-state index in [1.807, 2.05) is 164 Å². The van der Waals surface area contributed by atoms with Crippen LogP contribution in [-0.2, 0) is 0 Å². The molecule has 0 fully saturated rings. The van der Waals surface area contributed by atoms with E-state index in [1.54, 1.807) is 12.1 Å². The van der Waals surface area contributed by atoms with Gasteiger partial charge in [0, 0.05) is 17.1 Å². The standard InChI is InChI=1S/C54H37N/c1-2-11-38(12-3-1)43-16-8-17-44(35-43)39-25-30-48(31-26-39)55(50-19-9-18-46(37-50)53-22-10-15-41-13-4-6-20-51(41)53)49-32-27-40(28-33-49)45-29-34-54-47(36-45)24-23-42-14-5-7-21-52(42)54/h1-37H/i25D,26D,27D,28D,30D,31D,32D,33D. The van der Waals surface area contributed by atoms with Crippen molar-refractivity contribution in [2.24, 2.45) is 0 Å². The Bertz CT molecular complexity index is 3390. The summed E-state index contributed by atoms with van der Waals surface area (Å²) in [7, 11) is 0. The van der Waals surface area contributed by atoms with Crippen LogP contribution in [0.3, 0.4) is 0 Å². The fourth-order valence-electron chi connectivity index (χ4n) is 7.44. The molecular weight excluding hydrogens is 663 g/mol. The van der Waals surface area contributed by atoms with Crippen LogP contribution in [0.2, 0.25) is 0 Å². The summed E-state index contributed by atoms with van der Waals surface area (Å²) in [4.78, 5) is 1.37. The maximum atomic E-state index is 9.63. The van der Waals surface area contributed by atoms with Crippen molar-refractivity contribution >= 4 is 49.4 Å². The summed E-state index contributed by atoms with van der Waals surface area (Å²) < 4.78 is 76.3. The fraction of sp³-hybridized carbons (Fsp3) is 0. The molecule has 0 unspecified atom stereocenters. The molecular formula is C54H37N. The van der Waals surface area contributed by atoms with E-state index in [0.717, 1.165) is 54.6 Å². The lowest BCUT2D eigenvalue weighted by atomic mass is 9.97. The number of nitrogens with zero attached hydrogens (tertiary/aromatic N) is 1. The highest BCUT2D eigenvalue weighted by atomic mass is 15.1. The highest BCUT2D eigenvalue weighted by molar-refractivity contribution is 6.08. The molecule has 0 amide bonds. The smallest absolute Gasteiger partial charge is 0.0645 e. The number of rotatable bonds is 7. The summed E-state index contributed by atoms with van der Waals surface area (Å²) in [5.74, 6) is 0. The fourth-order valence-corrected chi connectivity index (χ4v) is 7.44. The van der Waals surface area contributed by atoms with Gasteiger partial charge < -0.3 is 4.90 Å². The second kappa shape index (κ2) is 14.0. The van der Waals surface area contributed by atoms with Crippen molar-refractivity contribution in [1.82, 2.24) is 0 Å². The third kappa shape index (κ3) is 6.22. The Morgan fingerprint density at radius 3 is 1.53 bits per heavy atom. The first kappa shape index (κ1) is 24.9. The summed E-state index contributed by atoms with van der Waals surface area (Å²) in [6, 6.07) is 53.3. The van der Waals surface area contributed by atoms with E-state index in [4.69, 9.17) is 0 Å². The summed E-state index contributed by atoms with van der Waals surface area (Å²) >= 11 is 0. The minimum Gasteiger partial charge on any atom is -0.310 e. The van der Waals surface area contributed by atoms with Crippen LogP contribution in [0.4, 0.5) is 17.1 Å². The van der Waals surface area contributed by atoms with Crippen LogP contribution in [0, 0.1) is 0 Å². The Morgan fingerprint density at radius 1 is 0.273 bits per heavy atom. The van der Waals surface area contributed by atoms with Crippen LogP contribution >= 0.6 is 0 Å².